The SMILES string of the molecule is COc1cccc(C2(CNC(=O)CC3CCCN3)CCCC2)c1.Cl. The molecule has 0 spiro atoms. The number of halogens is 1. The summed E-state index contributed by atoms with van der Waals surface area (Å²) in [5, 5.41) is 6.60. The molecule has 1 amide bonds. The molecule has 2 fully saturated rings. The molecule has 5 heteroatoms. The minimum atomic E-state index is 0. The van der Waals surface area contributed by atoms with Crippen molar-refractivity contribution in [3.8, 4) is 5.75 Å². The van der Waals surface area contributed by atoms with Gasteiger partial charge in [-0.2, -0.15) is 0 Å². The second-order valence-corrected chi connectivity index (χ2v) is 6.99. The Bertz CT molecular complexity index is 538. The van der Waals surface area contributed by atoms with E-state index in [-0.39, 0.29) is 23.7 Å². The van der Waals surface area contributed by atoms with Gasteiger partial charge in [-0.25, -0.2) is 0 Å². The van der Waals surface area contributed by atoms with Crippen LogP contribution in [-0.4, -0.2) is 32.1 Å². The summed E-state index contributed by atoms with van der Waals surface area (Å²) in [6, 6.07) is 8.72. The average molecular weight is 353 g/mol. The number of nitrogens with one attached hydrogen (secondary N) is 2. The Balaban J connectivity index is 0.00000208. The van der Waals surface area contributed by atoms with Gasteiger partial charge in [0.15, 0.2) is 0 Å². The van der Waals surface area contributed by atoms with Crippen LogP contribution in [-0.2, 0) is 10.2 Å². The van der Waals surface area contributed by atoms with Crippen molar-refractivity contribution >= 4 is 18.3 Å². The third-order valence-corrected chi connectivity index (χ3v) is 5.46. The van der Waals surface area contributed by atoms with Gasteiger partial charge in [0.05, 0.1) is 7.11 Å². The molecule has 134 valence electrons. The Kier molecular flexibility index (Phi) is 6.93. The lowest BCUT2D eigenvalue weighted by Gasteiger charge is -2.30. The molecule has 3 rings (SSSR count). The van der Waals surface area contributed by atoms with Gasteiger partial charge < -0.3 is 15.4 Å². The topological polar surface area (TPSA) is 50.4 Å². The second kappa shape index (κ2) is 8.72. The smallest absolute Gasteiger partial charge is 0.221 e. The van der Waals surface area contributed by atoms with Crippen molar-refractivity contribution in [3.63, 3.8) is 0 Å². The maximum Gasteiger partial charge on any atom is 0.221 e. The van der Waals surface area contributed by atoms with Gasteiger partial charge in [-0.15, -0.1) is 12.4 Å². The third-order valence-electron chi connectivity index (χ3n) is 5.46. The summed E-state index contributed by atoms with van der Waals surface area (Å²) in [7, 11) is 1.71. The molecule has 1 aromatic carbocycles. The Morgan fingerprint density at radius 3 is 2.79 bits per heavy atom. The molecule has 0 bridgehead atoms. The van der Waals surface area contributed by atoms with Crippen LogP contribution >= 0.6 is 12.4 Å². The van der Waals surface area contributed by atoms with Crippen molar-refractivity contribution < 1.29 is 9.53 Å². The molecule has 1 aliphatic heterocycles. The standard InChI is InChI=1S/C19H28N2O2.ClH/c1-23-17-8-4-6-15(12-17)19(9-2-3-10-19)14-21-18(22)13-16-7-5-11-20-16;/h4,6,8,12,16,20H,2-3,5,7,9-11,13-14H2,1H3,(H,21,22);1H. The molecule has 2 aliphatic rings. The molecule has 2 N–H and O–H groups in total. The Morgan fingerprint density at radius 2 is 2.12 bits per heavy atom. The number of rotatable bonds is 6. The predicted octanol–water partition coefficient (Wildman–Crippen LogP) is 3.19. The monoisotopic (exact) mass is 352 g/mol. The summed E-state index contributed by atoms with van der Waals surface area (Å²) in [6.45, 7) is 1.79. The van der Waals surface area contributed by atoms with Gasteiger partial charge in [0, 0.05) is 24.4 Å². The minimum Gasteiger partial charge on any atom is -0.497 e. The average Bonchev–Trinajstić information content (AvgIpc) is 3.25. The molecule has 0 aromatic heterocycles. The molecule has 1 heterocycles. The fraction of sp³-hybridized carbons (Fsp3) is 0.632. The minimum absolute atomic E-state index is 0. The van der Waals surface area contributed by atoms with Gasteiger partial charge in [-0.1, -0.05) is 25.0 Å². The van der Waals surface area contributed by atoms with Crippen LogP contribution in [0, 0.1) is 0 Å². The van der Waals surface area contributed by atoms with E-state index in [0.717, 1.165) is 38.1 Å². The van der Waals surface area contributed by atoms with Crippen LogP contribution in [0.25, 0.3) is 0 Å². The molecular weight excluding hydrogens is 324 g/mol. The van der Waals surface area contributed by atoms with Gasteiger partial charge in [0.2, 0.25) is 5.91 Å². The molecule has 1 unspecified atom stereocenters. The number of hydrogen-bond donors (Lipinski definition) is 2. The predicted molar refractivity (Wildman–Crippen MR) is 99.0 cm³/mol. The van der Waals surface area contributed by atoms with Crippen LogP contribution in [0.5, 0.6) is 5.75 Å². The van der Waals surface area contributed by atoms with E-state index in [4.69, 9.17) is 4.74 Å². The zero-order valence-corrected chi connectivity index (χ0v) is 15.3. The molecule has 1 aliphatic carbocycles. The zero-order valence-electron chi connectivity index (χ0n) is 14.5. The van der Waals surface area contributed by atoms with E-state index in [2.05, 4.69) is 28.8 Å². The summed E-state index contributed by atoms with van der Waals surface area (Å²) >= 11 is 0. The lowest BCUT2D eigenvalue weighted by molar-refractivity contribution is -0.121. The highest BCUT2D eigenvalue weighted by Gasteiger charge is 2.36. The molecular formula is C19H29ClN2O2. The maximum atomic E-state index is 12.3. The summed E-state index contributed by atoms with van der Waals surface area (Å²) in [4.78, 5) is 12.3. The summed E-state index contributed by atoms with van der Waals surface area (Å²) in [5.41, 5.74) is 1.38. The fourth-order valence-electron chi connectivity index (χ4n) is 4.07. The van der Waals surface area contributed by atoms with Gasteiger partial charge in [-0.05, 0) is 49.9 Å². The molecule has 0 radical (unpaired) electrons. The largest absolute Gasteiger partial charge is 0.497 e. The van der Waals surface area contributed by atoms with Crippen molar-refractivity contribution in [2.45, 2.75) is 56.4 Å². The van der Waals surface area contributed by atoms with Crippen molar-refractivity contribution in [3.05, 3.63) is 29.8 Å². The Labute approximate surface area is 151 Å². The highest BCUT2D eigenvalue weighted by molar-refractivity contribution is 5.85. The van der Waals surface area contributed by atoms with Crippen LogP contribution in [0.3, 0.4) is 0 Å². The van der Waals surface area contributed by atoms with Gasteiger partial charge in [0.25, 0.3) is 0 Å². The molecule has 1 saturated carbocycles. The quantitative estimate of drug-likeness (QED) is 0.826. The molecule has 4 nitrogen and oxygen atoms in total. The molecule has 1 atom stereocenters. The van der Waals surface area contributed by atoms with Crippen LogP contribution in [0.15, 0.2) is 24.3 Å². The summed E-state index contributed by atoms with van der Waals surface area (Å²) in [6.07, 6.45) is 7.66. The highest BCUT2D eigenvalue weighted by Crippen LogP contribution is 2.41. The van der Waals surface area contributed by atoms with E-state index in [1.165, 1.54) is 24.8 Å². The van der Waals surface area contributed by atoms with Crippen LogP contribution < -0.4 is 15.4 Å². The fourth-order valence-corrected chi connectivity index (χ4v) is 4.07. The lowest BCUT2D eigenvalue weighted by Crippen LogP contribution is -2.40. The van der Waals surface area contributed by atoms with Crippen molar-refractivity contribution in [1.29, 1.82) is 0 Å². The van der Waals surface area contributed by atoms with E-state index in [1.54, 1.807) is 7.11 Å². The van der Waals surface area contributed by atoms with E-state index in [1.807, 2.05) is 6.07 Å². The summed E-state index contributed by atoms with van der Waals surface area (Å²) in [5.74, 6) is 1.08. The Hall–Kier alpha value is -1.26. The van der Waals surface area contributed by atoms with Crippen LogP contribution in [0.4, 0.5) is 0 Å². The first-order chi connectivity index (χ1) is 11.2. The van der Waals surface area contributed by atoms with E-state index in [9.17, 15) is 4.79 Å². The van der Waals surface area contributed by atoms with Crippen LogP contribution in [0.1, 0.15) is 50.5 Å². The number of carbonyl (C=O) groups excluding carboxylic acids is 1. The van der Waals surface area contributed by atoms with Crippen molar-refractivity contribution in [2.24, 2.45) is 0 Å². The van der Waals surface area contributed by atoms with Gasteiger partial charge in [0.1, 0.15) is 5.75 Å². The number of amides is 1. The van der Waals surface area contributed by atoms with Crippen LogP contribution in [0.2, 0.25) is 0 Å². The Morgan fingerprint density at radius 1 is 1.33 bits per heavy atom. The number of benzene rings is 1. The van der Waals surface area contributed by atoms with E-state index >= 15 is 0 Å². The van der Waals surface area contributed by atoms with Crippen molar-refractivity contribution in [2.75, 3.05) is 20.2 Å². The maximum absolute atomic E-state index is 12.3. The molecule has 24 heavy (non-hydrogen) atoms. The van der Waals surface area contributed by atoms with Crippen molar-refractivity contribution in [1.82, 2.24) is 10.6 Å². The molecule has 1 saturated heterocycles. The van der Waals surface area contributed by atoms with E-state index in [0.29, 0.717) is 12.5 Å². The molecule has 1 aromatic rings. The highest BCUT2D eigenvalue weighted by atomic mass is 35.5. The number of methoxy groups -OCH3 is 1. The van der Waals surface area contributed by atoms with Gasteiger partial charge >= 0.3 is 0 Å². The first-order valence-electron chi connectivity index (χ1n) is 8.86. The second-order valence-electron chi connectivity index (χ2n) is 6.99. The first kappa shape index (κ1) is 19.1. The van der Waals surface area contributed by atoms with E-state index < -0.39 is 0 Å². The normalized spacial score (nSPS) is 22.0. The lowest BCUT2D eigenvalue weighted by atomic mass is 9.78. The summed E-state index contributed by atoms with van der Waals surface area (Å²) < 4.78 is 5.38. The number of ether oxygens (including phenoxy) is 1. The zero-order chi connectivity index (χ0) is 16.1. The number of hydrogen-bond acceptors (Lipinski definition) is 3. The van der Waals surface area contributed by atoms with Gasteiger partial charge in [-0.3, -0.25) is 4.79 Å². The number of carbonyl (C=O) groups is 1. The first-order valence-corrected chi connectivity index (χ1v) is 8.86. The third kappa shape index (κ3) is 4.42.